The van der Waals surface area contributed by atoms with Gasteiger partial charge in [0.15, 0.2) is 5.96 Å². The number of carboxylic acid groups (broad SMARTS) is 1. The molecule has 9 heteroatoms. The van der Waals surface area contributed by atoms with Gasteiger partial charge in [-0.1, -0.05) is 0 Å². The first-order chi connectivity index (χ1) is 11.4. The smallest absolute Gasteiger partial charge is 0.343 e. The number of carbonyl (C=O) groups excluding carboxylic acids is 1. The molecular weight excluding hydrogens is 318 g/mol. The molecule has 0 saturated heterocycles. The van der Waals surface area contributed by atoms with E-state index in [0.29, 0.717) is 19.4 Å². The lowest BCUT2D eigenvalue weighted by molar-refractivity contribution is 0.0496. The molecule has 0 amide bonds. The summed E-state index contributed by atoms with van der Waals surface area (Å²) in [6.45, 7) is 0.638. The van der Waals surface area contributed by atoms with E-state index in [1.807, 2.05) is 0 Å². The molecule has 0 aliphatic rings. The fourth-order valence-corrected chi connectivity index (χ4v) is 1.91. The third kappa shape index (κ3) is 5.34. The van der Waals surface area contributed by atoms with Crippen LogP contribution >= 0.6 is 0 Å². The number of guanidine groups is 1. The van der Waals surface area contributed by atoms with Crippen molar-refractivity contribution in [3.05, 3.63) is 23.3 Å². The minimum Gasteiger partial charge on any atom is -0.496 e. The highest BCUT2D eigenvalue weighted by atomic mass is 16.5. The van der Waals surface area contributed by atoms with Gasteiger partial charge in [0.05, 0.1) is 26.4 Å². The molecule has 24 heavy (non-hydrogen) atoms. The molecule has 0 atom stereocenters. The number of aliphatic imine (C=N–C) groups is 1. The summed E-state index contributed by atoms with van der Waals surface area (Å²) >= 11 is 0. The van der Waals surface area contributed by atoms with Gasteiger partial charge in [-0.15, -0.1) is 0 Å². The molecule has 1 aromatic carbocycles. The Morgan fingerprint density at radius 2 is 1.71 bits per heavy atom. The Morgan fingerprint density at radius 3 is 2.17 bits per heavy atom. The molecule has 0 aromatic heterocycles. The molecule has 0 unspecified atom stereocenters. The van der Waals surface area contributed by atoms with Crippen molar-refractivity contribution in [2.75, 3.05) is 27.4 Å². The Hall–Kier alpha value is -2.97. The monoisotopic (exact) mass is 339 g/mol. The van der Waals surface area contributed by atoms with E-state index in [1.165, 1.54) is 26.4 Å². The molecule has 0 spiro atoms. The topological polar surface area (TPSA) is 146 Å². The summed E-state index contributed by atoms with van der Waals surface area (Å²) in [5.74, 6) is -1.78. The van der Waals surface area contributed by atoms with Crippen molar-refractivity contribution in [2.45, 2.75) is 12.8 Å². The van der Waals surface area contributed by atoms with Crippen LogP contribution in [0.15, 0.2) is 17.1 Å². The summed E-state index contributed by atoms with van der Waals surface area (Å²) in [6, 6.07) is 2.60. The third-order valence-corrected chi connectivity index (χ3v) is 3.04. The van der Waals surface area contributed by atoms with Crippen LogP contribution in [0.1, 0.15) is 33.6 Å². The van der Waals surface area contributed by atoms with Gasteiger partial charge in [-0.05, 0) is 25.0 Å². The van der Waals surface area contributed by atoms with E-state index in [2.05, 4.69) is 4.99 Å². The molecule has 0 bridgehead atoms. The fourth-order valence-electron chi connectivity index (χ4n) is 1.91. The van der Waals surface area contributed by atoms with Crippen LogP contribution in [-0.2, 0) is 4.74 Å². The Balaban J connectivity index is 2.74. The highest BCUT2D eigenvalue weighted by Crippen LogP contribution is 2.30. The van der Waals surface area contributed by atoms with Crippen molar-refractivity contribution in [3.63, 3.8) is 0 Å². The van der Waals surface area contributed by atoms with Gasteiger partial charge in [-0.3, -0.25) is 4.99 Å². The van der Waals surface area contributed by atoms with Crippen LogP contribution in [0.2, 0.25) is 0 Å². The second-order valence-electron chi connectivity index (χ2n) is 4.71. The quantitative estimate of drug-likeness (QED) is 0.257. The predicted octanol–water partition coefficient (Wildman–Crippen LogP) is 0.612. The first-order valence-corrected chi connectivity index (χ1v) is 7.12. The van der Waals surface area contributed by atoms with Gasteiger partial charge < -0.3 is 30.8 Å². The molecule has 0 radical (unpaired) electrons. The number of ether oxygens (including phenoxy) is 3. The Labute approximate surface area is 139 Å². The van der Waals surface area contributed by atoms with E-state index in [1.54, 1.807) is 0 Å². The number of unbranched alkanes of at least 4 members (excludes halogenated alkanes) is 1. The van der Waals surface area contributed by atoms with Crippen molar-refractivity contribution in [1.82, 2.24) is 0 Å². The maximum Gasteiger partial charge on any atom is 0.343 e. The zero-order valence-electron chi connectivity index (χ0n) is 13.6. The number of esters is 1. The largest absolute Gasteiger partial charge is 0.496 e. The van der Waals surface area contributed by atoms with Crippen molar-refractivity contribution in [2.24, 2.45) is 16.5 Å². The number of nitrogens with two attached hydrogens (primary N) is 2. The molecule has 0 aliphatic heterocycles. The van der Waals surface area contributed by atoms with E-state index < -0.39 is 11.9 Å². The molecule has 0 fully saturated rings. The predicted molar refractivity (Wildman–Crippen MR) is 86.7 cm³/mol. The lowest BCUT2D eigenvalue weighted by atomic mass is 10.1. The maximum atomic E-state index is 12.1. The zero-order valence-corrected chi connectivity index (χ0v) is 13.6. The van der Waals surface area contributed by atoms with Crippen LogP contribution in [0.25, 0.3) is 0 Å². The summed E-state index contributed by atoms with van der Waals surface area (Å²) in [5, 5.41) is 9.20. The van der Waals surface area contributed by atoms with E-state index >= 15 is 0 Å². The van der Waals surface area contributed by atoms with Gasteiger partial charge in [0.1, 0.15) is 17.1 Å². The highest BCUT2D eigenvalue weighted by molar-refractivity contribution is 5.98. The molecule has 0 heterocycles. The average Bonchev–Trinajstić information content (AvgIpc) is 2.55. The Morgan fingerprint density at radius 1 is 1.12 bits per heavy atom. The number of carbonyl (C=O) groups is 2. The number of methoxy groups -OCH3 is 2. The summed E-state index contributed by atoms with van der Waals surface area (Å²) in [5.41, 5.74) is 10.4. The fraction of sp³-hybridized carbons (Fsp3) is 0.400. The van der Waals surface area contributed by atoms with Gasteiger partial charge in [-0.2, -0.15) is 0 Å². The van der Waals surface area contributed by atoms with Gasteiger partial charge in [-0.25, -0.2) is 9.59 Å². The Bertz CT molecular complexity index is 601. The number of nitrogens with zero attached hydrogens (tertiary/aromatic N) is 1. The van der Waals surface area contributed by atoms with Crippen LogP contribution in [0.4, 0.5) is 0 Å². The number of carboxylic acids is 1. The Kier molecular flexibility index (Phi) is 7.34. The molecule has 132 valence electrons. The van der Waals surface area contributed by atoms with Gasteiger partial charge in [0.2, 0.25) is 0 Å². The van der Waals surface area contributed by atoms with Gasteiger partial charge in [0, 0.05) is 6.54 Å². The van der Waals surface area contributed by atoms with Gasteiger partial charge in [0.25, 0.3) is 0 Å². The second kappa shape index (κ2) is 9.23. The van der Waals surface area contributed by atoms with E-state index in [4.69, 9.17) is 25.7 Å². The van der Waals surface area contributed by atoms with Crippen LogP contribution in [0, 0.1) is 0 Å². The molecule has 9 nitrogen and oxygen atoms in total. The van der Waals surface area contributed by atoms with Crippen molar-refractivity contribution in [1.29, 1.82) is 0 Å². The zero-order chi connectivity index (χ0) is 18.1. The number of rotatable bonds is 9. The van der Waals surface area contributed by atoms with Crippen LogP contribution in [-0.4, -0.2) is 50.4 Å². The van der Waals surface area contributed by atoms with Crippen LogP contribution in [0.5, 0.6) is 11.5 Å². The third-order valence-electron chi connectivity index (χ3n) is 3.04. The number of benzene rings is 1. The summed E-state index contributed by atoms with van der Waals surface area (Å²) in [7, 11) is 2.61. The van der Waals surface area contributed by atoms with Gasteiger partial charge >= 0.3 is 11.9 Å². The summed E-state index contributed by atoms with van der Waals surface area (Å²) < 4.78 is 15.2. The van der Waals surface area contributed by atoms with E-state index in [0.717, 1.165) is 0 Å². The first kappa shape index (κ1) is 19.1. The van der Waals surface area contributed by atoms with Crippen LogP contribution < -0.4 is 20.9 Å². The SMILES string of the molecule is COc1cc(C(=O)OCCCCN=C(N)N)cc(OC)c1C(=O)O. The molecule has 0 saturated carbocycles. The number of hydrogen-bond acceptors (Lipinski definition) is 6. The lowest BCUT2D eigenvalue weighted by Gasteiger charge is -2.12. The van der Waals surface area contributed by atoms with E-state index in [-0.39, 0.29) is 35.2 Å². The lowest BCUT2D eigenvalue weighted by Crippen LogP contribution is -2.23. The minimum absolute atomic E-state index is 0.0153. The minimum atomic E-state index is -1.22. The molecule has 1 rings (SSSR count). The maximum absolute atomic E-state index is 12.1. The average molecular weight is 339 g/mol. The van der Waals surface area contributed by atoms with Crippen molar-refractivity contribution in [3.8, 4) is 11.5 Å². The van der Waals surface area contributed by atoms with E-state index in [9.17, 15) is 14.7 Å². The summed E-state index contributed by atoms with van der Waals surface area (Å²) in [4.78, 5) is 27.1. The summed E-state index contributed by atoms with van der Waals surface area (Å²) in [6.07, 6.45) is 1.25. The second-order valence-corrected chi connectivity index (χ2v) is 4.71. The molecular formula is C15H21N3O6. The van der Waals surface area contributed by atoms with Crippen molar-refractivity contribution >= 4 is 17.9 Å². The number of hydrogen-bond donors (Lipinski definition) is 3. The standard InChI is InChI=1S/C15H21N3O6/c1-22-10-7-9(8-11(23-2)12(10)13(19)20)14(21)24-6-4-3-5-18-15(16)17/h7-8H,3-6H2,1-2H3,(H,19,20)(H4,16,17,18). The van der Waals surface area contributed by atoms with Crippen LogP contribution in [0.3, 0.4) is 0 Å². The van der Waals surface area contributed by atoms with Crippen molar-refractivity contribution < 1.29 is 28.9 Å². The molecule has 5 N–H and O–H groups in total. The molecule has 1 aromatic rings. The highest BCUT2D eigenvalue weighted by Gasteiger charge is 2.21. The first-order valence-electron chi connectivity index (χ1n) is 7.12. The molecule has 0 aliphatic carbocycles. The normalized spacial score (nSPS) is 9.92. The number of aromatic carboxylic acids is 1.